The van der Waals surface area contributed by atoms with Crippen LogP contribution in [0.2, 0.25) is 5.02 Å². The second-order valence-corrected chi connectivity index (χ2v) is 6.24. The van der Waals surface area contributed by atoms with Crippen LogP contribution in [0.5, 0.6) is 0 Å². The summed E-state index contributed by atoms with van der Waals surface area (Å²) in [5, 5.41) is 14.7. The molecule has 3 rings (SSSR count). The Kier molecular flexibility index (Phi) is 3.67. The molecule has 0 radical (unpaired) electrons. The van der Waals surface area contributed by atoms with Gasteiger partial charge >= 0.3 is 0 Å². The minimum Gasteiger partial charge on any atom is -0.383 e. The number of benzene rings is 1. The van der Waals surface area contributed by atoms with Gasteiger partial charge in [0.2, 0.25) is 4.77 Å². The van der Waals surface area contributed by atoms with E-state index in [9.17, 15) is 5.11 Å². The molecule has 1 saturated carbocycles. The summed E-state index contributed by atoms with van der Waals surface area (Å²) in [4.78, 5) is 3.99. The Morgan fingerprint density at radius 2 is 2.10 bits per heavy atom. The second kappa shape index (κ2) is 5.31. The monoisotopic (exact) mass is 309 g/mol. The zero-order valence-corrected chi connectivity index (χ0v) is 12.5. The quantitative estimate of drug-likeness (QED) is 0.833. The molecular formula is C14H16ClN3OS. The maximum atomic E-state index is 11.1. The third-order valence-electron chi connectivity index (χ3n) is 3.74. The van der Waals surface area contributed by atoms with Crippen LogP contribution in [0.4, 0.5) is 0 Å². The summed E-state index contributed by atoms with van der Waals surface area (Å²) >= 11 is 11.1. The van der Waals surface area contributed by atoms with Gasteiger partial charge in [-0.2, -0.15) is 0 Å². The summed E-state index contributed by atoms with van der Waals surface area (Å²) in [5.41, 5.74) is -0.0819. The van der Waals surface area contributed by atoms with Gasteiger partial charge in [0.05, 0.1) is 6.54 Å². The second-order valence-electron chi connectivity index (χ2n) is 5.44. The van der Waals surface area contributed by atoms with Gasteiger partial charge in [0, 0.05) is 5.02 Å². The standard InChI is InChI=1S/C14H16ClN3OS/c15-12-5-3-11(4-6-12)14(19,7-10-1-2-10)8-18-13(20)16-9-17-18/h3-6,9-10,19H,1-2,7-8H2,(H,16,17,20). The van der Waals surface area contributed by atoms with Gasteiger partial charge in [-0.25, -0.2) is 4.98 Å². The lowest BCUT2D eigenvalue weighted by atomic mass is 9.88. The Morgan fingerprint density at radius 1 is 1.40 bits per heavy atom. The Morgan fingerprint density at radius 3 is 2.65 bits per heavy atom. The minimum absolute atomic E-state index is 0.379. The lowest BCUT2D eigenvalue weighted by Gasteiger charge is -2.29. The molecule has 1 aliphatic rings. The number of aliphatic hydroxyl groups is 1. The van der Waals surface area contributed by atoms with Crippen LogP contribution in [0, 0.1) is 10.7 Å². The molecule has 20 heavy (non-hydrogen) atoms. The SMILES string of the molecule is OC(CC1CC1)(Cn1[nH]cnc1=S)c1ccc(Cl)cc1. The van der Waals surface area contributed by atoms with Gasteiger partial charge in [0.1, 0.15) is 11.9 Å². The highest BCUT2D eigenvalue weighted by atomic mass is 35.5. The summed E-state index contributed by atoms with van der Waals surface area (Å²) in [5.74, 6) is 0.591. The van der Waals surface area contributed by atoms with Gasteiger partial charge in [0.25, 0.3) is 0 Å². The lowest BCUT2D eigenvalue weighted by Crippen LogP contribution is -2.32. The molecule has 2 aromatic rings. The van der Waals surface area contributed by atoms with Crippen molar-refractivity contribution in [2.24, 2.45) is 5.92 Å². The summed E-state index contributed by atoms with van der Waals surface area (Å²) < 4.78 is 2.15. The number of rotatable bonds is 5. The van der Waals surface area contributed by atoms with Crippen LogP contribution in [-0.2, 0) is 12.1 Å². The molecule has 0 bridgehead atoms. The van der Waals surface area contributed by atoms with E-state index in [1.54, 1.807) is 23.1 Å². The lowest BCUT2D eigenvalue weighted by molar-refractivity contribution is 0.000530. The van der Waals surface area contributed by atoms with Crippen molar-refractivity contribution in [3.05, 3.63) is 45.9 Å². The van der Waals surface area contributed by atoms with Crippen LogP contribution in [0.3, 0.4) is 0 Å². The van der Waals surface area contributed by atoms with Crippen molar-refractivity contribution < 1.29 is 5.11 Å². The summed E-state index contributed by atoms with van der Waals surface area (Å²) in [6.07, 6.45) is 4.64. The molecule has 0 spiro atoms. The zero-order chi connectivity index (χ0) is 14.2. The maximum absolute atomic E-state index is 11.1. The Labute approximate surface area is 127 Å². The Balaban J connectivity index is 1.92. The number of hydrogen-bond donors (Lipinski definition) is 2. The Bertz CT molecular complexity index is 647. The number of hydrogen-bond acceptors (Lipinski definition) is 3. The van der Waals surface area contributed by atoms with E-state index in [4.69, 9.17) is 23.8 Å². The van der Waals surface area contributed by atoms with Crippen molar-refractivity contribution in [3.8, 4) is 0 Å². The molecule has 0 amide bonds. The first-order valence-corrected chi connectivity index (χ1v) is 7.44. The molecule has 1 aromatic heterocycles. The Hall–Kier alpha value is -1.17. The highest BCUT2D eigenvalue weighted by molar-refractivity contribution is 7.71. The van der Waals surface area contributed by atoms with Gasteiger partial charge in [-0.3, -0.25) is 9.78 Å². The smallest absolute Gasteiger partial charge is 0.215 e. The molecule has 1 aromatic carbocycles. The van der Waals surface area contributed by atoms with Crippen molar-refractivity contribution in [2.45, 2.75) is 31.4 Å². The minimum atomic E-state index is -0.948. The topological polar surface area (TPSA) is 53.8 Å². The van der Waals surface area contributed by atoms with Crippen LogP contribution < -0.4 is 0 Å². The molecule has 1 heterocycles. The number of aromatic amines is 1. The van der Waals surface area contributed by atoms with Crippen molar-refractivity contribution in [2.75, 3.05) is 0 Å². The average Bonchev–Trinajstić information content (AvgIpc) is 3.13. The van der Waals surface area contributed by atoms with Crippen molar-refractivity contribution in [1.29, 1.82) is 0 Å². The van der Waals surface area contributed by atoms with Gasteiger partial charge in [-0.05, 0) is 42.3 Å². The van der Waals surface area contributed by atoms with Crippen molar-refractivity contribution >= 4 is 23.8 Å². The number of nitrogens with zero attached hydrogens (tertiary/aromatic N) is 2. The van der Waals surface area contributed by atoms with E-state index in [1.807, 2.05) is 12.1 Å². The number of halogens is 1. The van der Waals surface area contributed by atoms with Crippen LogP contribution in [0.25, 0.3) is 0 Å². The molecular weight excluding hydrogens is 294 g/mol. The largest absolute Gasteiger partial charge is 0.383 e. The highest BCUT2D eigenvalue weighted by Crippen LogP contribution is 2.41. The molecule has 4 nitrogen and oxygen atoms in total. The van der Waals surface area contributed by atoms with Crippen LogP contribution in [0.1, 0.15) is 24.8 Å². The van der Waals surface area contributed by atoms with E-state index in [0.717, 1.165) is 12.0 Å². The predicted molar refractivity (Wildman–Crippen MR) is 80.1 cm³/mol. The fraction of sp³-hybridized carbons (Fsp3) is 0.429. The first-order chi connectivity index (χ1) is 9.57. The van der Waals surface area contributed by atoms with E-state index in [-0.39, 0.29) is 0 Å². The van der Waals surface area contributed by atoms with Crippen molar-refractivity contribution in [1.82, 2.24) is 14.8 Å². The van der Waals surface area contributed by atoms with Crippen LogP contribution >= 0.6 is 23.8 Å². The maximum Gasteiger partial charge on any atom is 0.215 e. The van der Waals surface area contributed by atoms with E-state index >= 15 is 0 Å². The van der Waals surface area contributed by atoms with Crippen LogP contribution in [-0.4, -0.2) is 19.9 Å². The molecule has 1 unspecified atom stereocenters. The van der Waals surface area contributed by atoms with E-state index in [0.29, 0.717) is 22.3 Å². The first-order valence-electron chi connectivity index (χ1n) is 6.65. The summed E-state index contributed by atoms with van der Waals surface area (Å²) in [7, 11) is 0. The fourth-order valence-electron chi connectivity index (χ4n) is 2.49. The molecule has 0 saturated heterocycles. The molecule has 1 fully saturated rings. The van der Waals surface area contributed by atoms with Crippen LogP contribution in [0.15, 0.2) is 30.6 Å². The molecule has 6 heteroatoms. The molecule has 1 aliphatic carbocycles. The number of aromatic nitrogens is 3. The number of H-pyrrole nitrogens is 1. The fourth-order valence-corrected chi connectivity index (χ4v) is 2.78. The third-order valence-corrected chi connectivity index (χ3v) is 4.32. The van der Waals surface area contributed by atoms with Crippen molar-refractivity contribution in [3.63, 3.8) is 0 Å². The van der Waals surface area contributed by atoms with E-state index in [2.05, 4.69) is 10.1 Å². The third kappa shape index (κ3) is 2.95. The summed E-state index contributed by atoms with van der Waals surface area (Å²) in [6, 6.07) is 7.37. The molecule has 1 atom stereocenters. The van der Waals surface area contributed by atoms with Gasteiger partial charge in [0.15, 0.2) is 0 Å². The van der Waals surface area contributed by atoms with E-state index < -0.39 is 5.60 Å². The number of nitrogens with one attached hydrogen (secondary N) is 1. The molecule has 106 valence electrons. The summed E-state index contributed by atoms with van der Waals surface area (Å²) in [6.45, 7) is 0.379. The van der Waals surface area contributed by atoms with E-state index in [1.165, 1.54) is 12.8 Å². The van der Waals surface area contributed by atoms with Gasteiger partial charge in [-0.15, -0.1) is 0 Å². The normalized spacial score (nSPS) is 17.9. The first kappa shape index (κ1) is 13.8. The zero-order valence-electron chi connectivity index (χ0n) is 10.9. The van der Waals surface area contributed by atoms with Gasteiger partial charge in [-0.1, -0.05) is 36.6 Å². The highest BCUT2D eigenvalue weighted by Gasteiger charge is 2.37. The molecule has 2 N–H and O–H groups in total. The average molecular weight is 310 g/mol. The molecule has 0 aliphatic heterocycles. The predicted octanol–water partition coefficient (Wildman–Crippen LogP) is 3.28. The van der Waals surface area contributed by atoms with Gasteiger partial charge < -0.3 is 5.11 Å².